The molecule has 1 fully saturated rings. The summed E-state index contributed by atoms with van der Waals surface area (Å²) in [7, 11) is 0. The first kappa shape index (κ1) is 21.0. The molecule has 160 valence electrons. The number of carbonyl (C=O) groups excluding carboxylic acids is 1. The molecule has 1 aliphatic rings. The summed E-state index contributed by atoms with van der Waals surface area (Å²) in [5.74, 6) is 1.78. The number of piperidine rings is 1. The molecule has 1 atom stereocenters. The molecule has 1 aliphatic heterocycles. The molecule has 5 heteroatoms. The minimum atomic E-state index is 0.00302. The third-order valence-corrected chi connectivity index (χ3v) is 5.85. The van der Waals surface area contributed by atoms with Crippen LogP contribution < -0.4 is 10.2 Å². The standard InChI is InChI=1S/C26H30N4O/c1-20-11-13-22(14-12-20)25-27-17-15-24(29-25)30-18-6-10-23(19-30)26(31)28-16-5-9-21-7-3-2-4-8-21/h2-4,7-8,11-15,17,23H,5-6,9-10,16,18-19H2,1H3,(H,28,31). The predicted molar refractivity (Wildman–Crippen MR) is 125 cm³/mol. The van der Waals surface area contributed by atoms with Crippen LogP contribution in [0.3, 0.4) is 0 Å². The van der Waals surface area contributed by atoms with Crippen LogP contribution in [0.1, 0.15) is 30.4 Å². The Kier molecular flexibility index (Phi) is 6.92. The Balaban J connectivity index is 1.32. The monoisotopic (exact) mass is 414 g/mol. The van der Waals surface area contributed by atoms with E-state index in [9.17, 15) is 4.79 Å². The third-order valence-electron chi connectivity index (χ3n) is 5.85. The van der Waals surface area contributed by atoms with Crippen molar-refractivity contribution in [3.8, 4) is 11.4 Å². The third kappa shape index (κ3) is 5.69. The van der Waals surface area contributed by atoms with E-state index in [-0.39, 0.29) is 11.8 Å². The molecule has 0 saturated carbocycles. The van der Waals surface area contributed by atoms with Gasteiger partial charge in [0.2, 0.25) is 5.91 Å². The van der Waals surface area contributed by atoms with Gasteiger partial charge in [-0.2, -0.15) is 0 Å². The topological polar surface area (TPSA) is 58.1 Å². The second-order valence-corrected chi connectivity index (χ2v) is 8.27. The van der Waals surface area contributed by atoms with Gasteiger partial charge in [-0.3, -0.25) is 4.79 Å². The molecule has 2 heterocycles. The summed E-state index contributed by atoms with van der Waals surface area (Å²) in [6.45, 7) is 4.41. The Bertz CT molecular complexity index is 988. The van der Waals surface area contributed by atoms with Crippen LogP contribution in [0.5, 0.6) is 0 Å². The normalized spacial score (nSPS) is 16.2. The number of anilines is 1. The Morgan fingerprint density at radius 3 is 2.71 bits per heavy atom. The second kappa shape index (κ2) is 10.2. The van der Waals surface area contributed by atoms with Crippen LogP contribution in [-0.2, 0) is 11.2 Å². The Hall–Kier alpha value is -3.21. The van der Waals surface area contributed by atoms with E-state index in [1.807, 2.05) is 18.3 Å². The van der Waals surface area contributed by atoms with E-state index in [1.54, 1.807) is 0 Å². The Labute approximate surface area is 184 Å². The SMILES string of the molecule is Cc1ccc(-c2nccc(N3CCCC(C(=O)NCCCc4ccccc4)C3)n2)cc1. The van der Waals surface area contributed by atoms with Crippen molar-refractivity contribution in [3.05, 3.63) is 78.0 Å². The first-order chi connectivity index (χ1) is 15.2. The van der Waals surface area contributed by atoms with E-state index < -0.39 is 0 Å². The molecule has 0 aliphatic carbocycles. The van der Waals surface area contributed by atoms with Gasteiger partial charge in [-0.25, -0.2) is 9.97 Å². The number of carbonyl (C=O) groups is 1. The molecule has 1 amide bonds. The smallest absolute Gasteiger partial charge is 0.224 e. The number of nitrogens with one attached hydrogen (secondary N) is 1. The molecule has 5 nitrogen and oxygen atoms in total. The lowest BCUT2D eigenvalue weighted by molar-refractivity contribution is -0.125. The van der Waals surface area contributed by atoms with Crippen molar-refractivity contribution < 1.29 is 4.79 Å². The summed E-state index contributed by atoms with van der Waals surface area (Å²) in [4.78, 5) is 24.2. The average Bonchev–Trinajstić information content (AvgIpc) is 2.83. The van der Waals surface area contributed by atoms with Crippen molar-refractivity contribution in [2.45, 2.75) is 32.6 Å². The molecule has 31 heavy (non-hydrogen) atoms. The summed E-state index contributed by atoms with van der Waals surface area (Å²) >= 11 is 0. The maximum atomic E-state index is 12.7. The van der Waals surface area contributed by atoms with Crippen LogP contribution in [0, 0.1) is 12.8 Å². The molecule has 4 rings (SSSR count). The van der Waals surface area contributed by atoms with Gasteiger partial charge in [0.05, 0.1) is 5.92 Å². The summed E-state index contributed by atoms with van der Waals surface area (Å²) in [5, 5.41) is 3.14. The van der Waals surface area contributed by atoms with Crippen molar-refractivity contribution in [2.75, 3.05) is 24.5 Å². The van der Waals surface area contributed by atoms with Crippen LogP contribution in [0.15, 0.2) is 66.9 Å². The maximum absolute atomic E-state index is 12.7. The first-order valence-corrected chi connectivity index (χ1v) is 11.2. The first-order valence-electron chi connectivity index (χ1n) is 11.2. The molecule has 1 aromatic heterocycles. The van der Waals surface area contributed by atoms with Crippen LogP contribution in [-0.4, -0.2) is 35.5 Å². The number of benzene rings is 2. The molecule has 0 radical (unpaired) electrons. The summed E-state index contributed by atoms with van der Waals surface area (Å²) in [6.07, 6.45) is 5.67. The fraction of sp³-hybridized carbons (Fsp3) is 0.346. The summed E-state index contributed by atoms with van der Waals surface area (Å²) in [5.41, 5.74) is 3.54. The van der Waals surface area contributed by atoms with Crippen LogP contribution in [0.25, 0.3) is 11.4 Å². The number of aromatic nitrogens is 2. The van der Waals surface area contributed by atoms with Crippen molar-refractivity contribution in [1.29, 1.82) is 0 Å². The van der Waals surface area contributed by atoms with Crippen molar-refractivity contribution in [2.24, 2.45) is 5.92 Å². The van der Waals surface area contributed by atoms with Gasteiger partial charge in [-0.15, -0.1) is 0 Å². The van der Waals surface area contributed by atoms with Gasteiger partial charge >= 0.3 is 0 Å². The fourth-order valence-electron chi connectivity index (χ4n) is 4.06. The van der Waals surface area contributed by atoms with E-state index in [4.69, 9.17) is 4.98 Å². The van der Waals surface area contributed by atoms with Gasteiger partial charge < -0.3 is 10.2 Å². The van der Waals surface area contributed by atoms with Gasteiger partial charge in [0.1, 0.15) is 5.82 Å². The number of nitrogens with zero attached hydrogens (tertiary/aromatic N) is 3. The number of amides is 1. The Morgan fingerprint density at radius 1 is 1.10 bits per heavy atom. The van der Waals surface area contributed by atoms with E-state index in [0.29, 0.717) is 6.54 Å². The molecular weight excluding hydrogens is 384 g/mol. The quantitative estimate of drug-likeness (QED) is 0.582. The fourth-order valence-corrected chi connectivity index (χ4v) is 4.06. The Morgan fingerprint density at radius 2 is 1.90 bits per heavy atom. The predicted octanol–water partition coefficient (Wildman–Crippen LogP) is 4.42. The number of hydrogen-bond acceptors (Lipinski definition) is 4. The number of aryl methyl sites for hydroxylation is 2. The van der Waals surface area contributed by atoms with Crippen LogP contribution in [0.2, 0.25) is 0 Å². The maximum Gasteiger partial charge on any atom is 0.224 e. The van der Waals surface area contributed by atoms with Gasteiger partial charge in [-0.1, -0.05) is 60.2 Å². The number of rotatable bonds is 7. The molecule has 1 unspecified atom stereocenters. The summed E-state index contributed by atoms with van der Waals surface area (Å²) in [6, 6.07) is 20.6. The van der Waals surface area contributed by atoms with E-state index in [2.05, 4.69) is 70.7 Å². The van der Waals surface area contributed by atoms with Gasteiger partial charge in [0.15, 0.2) is 5.82 Å². The van der Waals surface area contributed by atoms with Crippen LogP contribution >= 0.6 is 0 Å². The zero-order valence-electron chi connectivity index (χ0n) is 18.1. The molecule has 0 bridgehead atoms. The van der Waals surface area contributed by atoms with E-state index in [1.165, 1.54) is 11.1 Å². The molecule has 1 saturated heterocycles. The largest absolute Gasteiger partial charge is 0.356 e. The van der Waals surface area contributed by atoms with Crippen molar-refractivity contribution in [1.82, 2.24) is 15.3 Å². The highest BCUT2D eigenvalue weighted by Gasteiger charge is 2.26. The molecule has 2 aromatic carbocycles. The lowest BCUT2D eigenvalue weighted by atomic mass is 9.97. The van der Waals surface area contributed by atoms with Crippen LogP contribution in [0.4, 0.5) is 5.82 Å². The van der Waals surface area contributed by atoms with Gasteiger partial charge in [0, 0.05) is 31.4 Å². The molecule has 0 spiro atoms. The number of hydrogen-bond donors (Lipinski definition) is 1. The van der Waals surface area contributed by atoms with Gasteiger partial charge in [0.25, 0.3) is 0 Å². The van der Waals surface area contributed by atoms with Crippen molar-refractivity contribution in [3.63, 3.8) is 0 Å². The zero-order valence-corrected chi connectivity index (χ0v) is 18.1. The molecular formula is C26H30N4O. The highest BCUT2D eigenvalue weighted by Crippen LogP contribution is 2.24. The van der Waals surface area contributed by atoms with E-state index >= 15 is 0 Å². The average molecular weight is 415 g/mol. The lowest BCUT2D eigenvalue weighted by Gasteiger charge is -2.33. The van der Waals surface area contributed by atoms with Crippen molar-refractivity contribution >= 4 is 11.7 Å². The van der Waals surface area contributed by atoms with E-state index in [0.717, 1.165) is 56.0 Å². The zero-order chi connectivity index (χ0) is 21.5. The highest BCUT2D eigenvalue weighted by molar-refractivity contribution is 5.79. The highest BCUT2D eigenvalue weighted by atomic mass is 16.1. The molecule has 3 aromatic rings. The lowest BCUT2D eigenvalue weighted by Crippen LogP contribution is -2.43. The second-order valence-electron chi connectivity index (χ2n) is 8.27. The summed E-state index contributed by atoms with van der Waals surface area (Å²) < 4.78 is 0. The molecule has 1 N–H and O–H groups in total. The van der Waals surface area contributed by atoms with Gasteiger partial charge in [-0.05, 0) is 44.2 Å². The minimum Gasteiger partial charge on any atom is -0.356 e. The minimum absolute atomic E-state index is 0.00302.